The fraction of sp³-hybridized carbons (Fsp3) is 0.571. The number of aliphatic hydroxyl groups excluding tert-OH is 1. The summed E-state index contributed by atoms with van der Waals surface area (Å²) in [5.74, 6) is 0. The Bertz CT molecular complexity index is 345. The highest BCUT2D eigenvalue weighted by Gasteiger charge is 2.14. The molecule has 0 aliphatic carbocycles. The van der Waals surface area contributed by atoms with E-state index in [4.69, 9.17) is 5.11 Å². The van der Waals surface area contributed by atoms with Gasteiger partial charge in [0.15, 0.2) is 0 Å². The number of nitrogens with one attached hydrogen (secondary N) is 1. The van der Waals surface area contributed by atoms with E-state index in [0.717, 1.165) is 13.0 Å². The Kier molecular flexibility index (Phi) is 4.51. The minimum atomic E-state index is -0.182. The Morgan fingerprint density at radius 1 is 1.25 bits per heavy atom. The Hall–Kier alpha value is -0.860. The predicted molar refractivity (Wildman–Crippen MR) is 68.8 cm³/mol. The van der Waals surface area contributed by atoms with Crippen molar-refractivity contribution in [3.8, 4) is 0 Å². The third-order valence-electron chi connectivity index (χ3n) is 2.89. The van der Waals surface area contributed by atoms with Crippen molar-refractivity contribution in [2.24, 2.45) is 0 Å². The maximum Gasteiger partial charge on any atom is 0.0607 e. The average Bonchev–Trinajstić information content (AvgIpc) is 2.21. The quantitative estimate of drug-likeness (QED) is 0.799. The standard InChI is InChI=1S/C14H23NO/c1-11-5-6-13(12(2)9-11)7-8-15-14(3,4)10-16/h5-6,9,15-16H,7-8,10H2,1-4H3. The second kappa shape index (κ2) is 5.46. The number of hydrogen-bond acceptors (Lipinski definition) is 2. The molecule has 2 heteroatoms. The van der Waals surface area contributed by atoms with E-state index >= 15 is 0 Å². The lowest BCUT2D eigenvalue weighted by Gasteiger charge is -2.23. The van der Waals surface area contributed by atoms with Crippen molar-refractivity contribution in [2.75, 3.05) is 13.2 Å². The van der Waals surface area contributed by atoms with Crippen molar-refractivity contribution in [3.05, 3.63) is 34.9 Å². The molecular formula is C14H23NO. The highest BCUT2D eigenvalue weighted by Crippen LogP contribution is 2.11. The van der Waals surface area contributed by atoms with Gasteiger partial charge in [-0.15, -0.1) is 0 Å². The summed E-state index contributed by atoms with van der Waals surface area (Å²) in [5, 5.41) is 12.5. The second-order valence-corrected chi connectivity index (χ2v) is 5.15. The zero-order valence-electron chi connectivity index (χ0n) is 10.8. The van der Waals surface area contributed by atoms with Crippen LogP contribution in [0.15, 0.2) is 18.2 Å². The van der Waals surface area contributed by atoms with Crippen LogP contribution in [0.25, 0.3) is 0 Å². The third-order valence-corrected chi connectivity index (χ3v) is 2.89. The zero-order valence-corrected chi connectivity index (χ0v) is 10.8. The number of hydrogen-bond donors (Lipinski definition) is 2. The molecule has 0 fully saturated rings. The summed E-state index contributed by atoms with van der Waals surface area (Å²) in [6.45, 7) is 9.35. The van der Waals surface area contributed by atoms with Crippen molar-refractivity contribution >= 4 is 0 Å². The largest absolute Gasteiger partial charge is 0.394 e. The molecule has 1 aromatic rings. The summed E-state index contributed by atoms with van der Waals surface area (Å²) in [5.41, 5.74) is 3.86. The van der Waals surface area contributed by atoms with Crippen LogP contribution >= 0.6 is 0 Å². The summed E-state index contributed by atoms with van der Waals surface area (Å²) in [6.07, 6.45) is 1.01. The van der Waals surface area contributed by atoms with Gasteiger partial charge in [-0.1, -0.05) is 23.8 Å². The minimum absolute atomic E-state index is 0.167. The lowest BCUT2D eigenvalue weighted by atomic mass is 10.0. The molecule has 0 saturated carbocycles. The van der Waals surface area contributed by atoms with E-state index in [1.165, 1.54) is 16.7 Å². The van der Waals surface area contributed by atoms with Gasteiger partial charge in [0.1, 0.15) is 0 Å². The summed E-state index contributed by atoms with van der Waals surface area (Å²) in [7, 11) is 0. The van der Waals surface area contributed by atoms with Gasteiger partial charge in [-0.2, -0.15) is 0 Å². The lowest BCUT2D eigenvalue weighted by molar-refractivity contribution is 0.189. The van der Waals surface area contributed by atoms with Crippen molar-refractivity contribution in [2.45, 2.75) is 39.7 Å². The molecule has 0 radical (unpaired) electrons. The van der Waals surface area contributed by atoms with Gasteiger partial charge in [-0.25, -0.2) is 0 Å². The number of aliphatic hydroxyl groups is 1. The molecular weight excluding hydrogens is 198 g/mol. The molecule has 0 aliphatic rings. The normalized spacial score (nSPS) is 11.8. The van der Waals surface area contributed by atoms with Crippen LogP contribution in [-0.4, -0.2) is 23.8 Å². The molecule has 1 aromatic carbocycles. The second-order valence-electron chi connectivity index (χ2n) is 5.15. The Balaban J connectivity index is 2.49. The van der Waals surface area contributed by atoms with E-state index in [1.807, 2.05) is 13.8 Å². The van der Waals surface area contributed by atoms with Crippen LogP contribution in [0.4, 0.5) is 0 Å². The molecule has 2 N–H and O–H groups in total. The fourth-order valence-electron chi connectivity index (χ4n) is 1.72. The molecule has 0 bridgehead atoms. The average molecular weight is 221 g/mol. The third kappa shape index (κ3) is 3.95. The van der Waals surface area contributed by atoms with E-state index in [-0.39, 0.29) is 12.1 Å². The molecule has 0 amide bonds. The topological polar surface area (TPSA) is 32.3 Å². The molecule has 0 heterocycles. The van der Waals surface area contributed by atoms with Crippen LogP contribution in [0.1, 0.15) is 30.5 Å². The van der Waals surface area contributed by atoms with E-state index < -0.39 is 0 Å². The summed E-state index contributed by atoms with van der Waals surface area (Å²) >= 11 is 0. The fourth-order valence-corrected chi connectivity index (χ4v) is 1.72. The summed E-state index contributed by atoms with van der Waals surface area (Å²) < 4.78 is 0. The predicted octanol–water partition coefficient (Wildman–Crippen LogP) is 2.21. The molecule has 0 aromatic heterocycles. The van der Waals surface area contributed by atoms with Crippen LogP contribution in [0.5, 0.6) is 0 Å². The molecule has 0 saturated heterocycles. The maximum atomic E-state index is 9.12. The van der Waals surface area contributed by atoms with Crippen molar-refractivity contribution in [1.82, 2.24) is 5.32 Å². The molecule has 90 valence electrons. The van der Waals surface area contributed by atoms with E-state index in [9.17, 15) is 0 Å². The van der Waals surface area contributed by atoms with Gasteiger partial charge in [0.2, 0.25) is 0 Å². The highest BCUT2D eigenvalue weighted by molar-refractivity contribution is 5.30. The van der Waals surface area contributed by atoms with Crippen LogP contribution in [0.3, 0.4) is 0 Å². The van der Waals surface area contributed by atoms with Crippen LogP contribution in [-0.2, 0) is 6.42 Å². The first-order valence-corrected chi connectivity index (χ1v) is 5.86. The minimum Gasteiger partial charge on any atom is -0.394 e. The van der Waals surface area contributed by atoms with Gasteiger partial charge in [0, 0.05) is 5.54 Å². The SMILES string of the molecule is Cc1ccc(CCNC(C)(C)CO)c(C)c1. The number of benzene rings is 1. The first-order chi connectivity index (χ1) is 7.44. The van der Waals surface area contributed by atoms with Crippen molar-refractivity contribution in [3.63, 3.8) is 0 Å². The molecule has 0 spiro atoms. The van der Waals surface area contributed by atoms with Crippen molar-refractivity contribution < 1.29 is 5.11 Å². The molecule has 0 aliphatic heterocycles. The number of rotatable bonds is 5. The Morgan fingerprint density at radius 2 is 1.94 bits per heavy atom. The van der Waals surface area contributed by atoms with Gasteiger partial charge in [-0.3, -0.25) is 0 Å². The van der Waals surface area contributed by atoms with Crippen LogP contribution in [0.2, 0.25) is 0 Å². The van der Waals surface area contributed by atoms with Gasteiger partial charge < -0.3 is 10.4 Å². The van der Waals surface area contributed by atoms with Crippen LogP contribution < -0.4 is 5.32 Å². The maximum absolute atomic E-state index is 9.12. The molecule has 2 nitrogen and oxygen atoms in total. The first kappa shape index (κ1) is 13.2. The monoisotopic (exact) mass is 221 g/mol. The number of aryl methyl sites for hydroxylation is 2. The molecule has 1 rings (SSSR count). The van der Waals surface area contributed by atoms with Gasteiger partial charge >= 0.3 is 0 Å². The van der Waals surface area contributed by atoms with E-state index in [2.05, 4.69) is 37.4 Å². The smallest absolute Gasteiger partial charge is 0.0607 e. The molecule has 0 atom stereocenters. The van der Waals surface area contributed by atoms with Gasteiger partial charge in [-0.05, 0) is 51.8 Å². The molecule has 16 heavy (non-hydrogen) atoms. The van der Waals surface area contributed by atoms with E-state index in [1.54, 1.807) is 0 Å². The first-order valence-electron chi connectivity index (χ1n) is 5.86. The summed E-state index contributed by atoms with van der Waals surface area (Å²) in [4.78, 5) is 0. The zero-order chi connectivity index (χ0) is 12.2. The van der Waals surface area contributed by atoms with E-state index in [0.29, 0.717) is 0 Å². The Morgan fingerprint density at radius 3 is 2.50 bits per heavy atom. The Labute approximate surface area is 98.7 Å². The van der Waals surface area contributed by atoms with Crippen LogP contribution in [0, 0.1) is 13.8 Å². The highest BCUT2D eigenvalue weighted by atomic mass is 16.3. The molecule has 0 unspecified atom stereocenters. The van der Waals surface area contributed by atoms with Gasteiger partial charge in [0.05, 0.1) is 6.61 Å². The summed E-state index contributed by atoms with van der Waals surface area (Å²) in [6, 6.07) is 6.56. The lowest BCUT2D eigenvalue weighted by Crippen LogP contribution is -2.43. The van der Waals surface area contributed by atoms with Gasteiger partial charge in [0.25, 0.3) is 0 Å². The van der Waals surface area contributed by atoms with Crippen molar-refractivity contribution in [1.29, 1.82) is 0 Å².